The molecule has 35 heavy (non-hydrogen) atoms. The summed E-state index contributed by atoms with van der Waals surface area (Å²) in [4.78, 5) is 46.6. The van der Waals surface area contributed by atoms with Crippen molar-refractivity contribution in [2.24, 2.45) is 11.8 Å². The topological polar surface area (TPSA) is 90.4 Å². The van der Waals surface area contributed by atoms with Gasteiger partial charge in [0.25, 0.3) is 5.91 Å². The van der Waals surface area contributed by atoms with Crippen LogP contribution in [0.25, 0.3) is 0 Å². The molecule has 0 aromatic heterocycles. The number of anilines is 1. The first-order valence-corrected chi connectivity index (χ1v) is 12.4. The Hall–Kier alpha value is -2.68. The van der Waals surface area contributed by atoms with E-state index in [0.29, 0.717) is 23.7 Å². The van der Waals surface area contributed by atoms with Gasteiger partial charge in [-0.15, -0.1) is 0 Å². The molecule has 3 amide bonds. The minimum absolute atomic E-state index is 0.196. The molecule has 6 atom stereocenters. The van der Waals surface area contributed by atoms with Crippen LogP contribution in [0, 0.1) is 11.8 Å². The highest BCUT2D eigenvalue weighted by Gasteiger charge is 2.75. The van der Waals surface area contributed by atoms with Gasteiger partial charge in [0, 0.05) is 20.1 Å². The second kappa shape index (κ2) is 8.47. The number of benzene rings is 1. The highest BCUT2D eigenvalue weighted by Crippen LogP contribution is 2.58. The molecule has 1 unspecified atom stereocenters. The summed E-state index contributed by atoms with van der Waals surface area (Å²) >= 11 is 6.46. The van der Waals surface area contributed by atoms with Crippen molar-refractivity contribution in [3.63, 3.8) is 0 Å². The Morgan fingerprint density at radius 2 is 1.80 bits per heavy atom. The minimum Gasteiger partial charge on any atom is -0.394 e. The van der Waals surface area contributed by atoms with Gasteiger partial charge in [-0.05, 0) is 25.5 Å². The van der Waals surface area contributed by atoms with Crippen molar-refractivity contribution in [2.45, 2.75) is 43.6 Å². The Morgan fingerprint density at radius 1 is 1.09 bits per heavy atom. The standard InChI is InChI=1S/C26H30ClN3O5/c1-4-16(15-31)30-21-24(34)29(18-10-6-5-9-17(18)27)14-8-12-26(21)20(23(30)33)19-22(32)28(3)13-7-11-25(19,2)35-26/h5-12,16,19-21,31H,4,13-15H2,1-3H3/t16-,19+,20-,21?,25-,26-/m0/s1. The number of para-hydroxylation sites is 1. The predicted molar refractivity (Wildman–Crippen MR) is 131 cm³/mol. The summed E-state index contributed by atoms with van der Waals surface area (Å²) in [6, 6.07) is 5.41. The Balaban J connectivity index is 1.70. The lowest BCUT2D eigenvalue weighted by atomic mass is 9.74. The van der Waals surface area contributed by atoms with Crippen LogP contribution in [0.2, 0.25) is 5.02 Å². The van der Waals surface area contributed by atoms with Gasteiger partial charge in [0.05, 0.1) is 40.8 Å². The van der Waals surface area contributed by atoms with Crippen LogP contribution in [0.1, 0.15) is 20.3 Å². The molecule has 2 fully saturated rings. The highest BCUT2D eigenvalue weighted by molar-refractivity contribution is 6.34. The maximum absolute atomic E-state index is 14.3. The molecule has 0 radical (unpaired) electrons. The van der Waals surface area contributed by atoms with Gasteiger partial charge in [0.15, 0.2) is 0 Å². The van der Waals surface area contributed by atoms with Crippen molar-refractivity contribution >= 4 is 35.0 Å². The molecule has 1 spiro atoms. The van der Waals surface area contributed by atoms with Crippen molar-refractivity contribution in [2.75, 3.05) is 31.6 Å². The Morgan fingerprint density at radius 3 is 2.49 bits per heavy atom. The van der Waals surface area contributed by atoms with Gasteiger partial charge >= 0.3 is 0 Å². The largest absolute Gasteiger partial charge is 0.394 e. The fourth-order valence-electron chi connectivity index (χ4n) is 6.28. The highest BCUT2D eigenvalue weighted by atomic mass is 35.5. The van der Waals surface area contributed by atoms with Gasteiger partial charge in [-0.2, -0.15) is 0 Å². The van der Waals surface area contributed by atoms with E-state index < -0.39 is 35.1 Å². The molecule has 4 heterocycles. The van der Waals surface area contributed by atoms with Crippen molar-refractivity contribution in [1.29, 1.82) is 0 Å². The summed E-state index contributed by atoms with van der Waals surface area (Å²) in [6.07, 6.45) is 7.77. The van der Waals surface area contributed by atoms with Crippen LogP contribution in [-0.4, -0.2) is 82.7 Å². The van der Waals surface area contributed by atoms with E-state index >= 15 is 0 Å². The summed E-state index contributed by atoms with van der Waals surface area (Å²) in [5.41, 5.74) is -1.88. The number of amides is 3. The molecular weight excluding hydrogens is 470 g/mol. The number of aliphatic hydroxyl groups excluding tert-OH is 1. The Labute approximate surface area is 209 Å². The fraction of sp³-hybridized carbons (Fsp3) is 0.500. The van der Waals surface area contributed by atoms with Gasteiger partial charge in [0.1, 0.15) is 11.6 Å². The number of fused-ring (bicyclic) bond motifs is 2. The Kier molecular flexibility index (Phi) is 5.81. The first-order valence-electron chi connectivity index (χ1n) is 12.0. The van der Waals surface area contributed by atoms with Crippen LogP contribution >= 0.6 is 11.6 Å². The third-order valence-corrected chi connectivity index (χ3v) is 8.23. The summed E-state index contributed by atoms with van der Waals surface area (Å²) in [5, 5.41) is 10.6. The van der Waals surface area contributed by atoms with Crippen LogP contribution in [0.15, 0.2) is 48.6 Å². The maximum Gasteiger partial charge on any atom is 0.253 e. The number of rotatable bonds is 4. The van der Waals surface area contributed by atoms with Crippen molar-refractivity contribution in [3.05, 3.63) is 53.6 Å². The zero-order valence-corrected chi connectivity index (χ0v) is 20.8. The minimum atomic E-state index is -1.36. The summed E-state index contributed by atoms with van der Waals surface area (Å²) in [5.74, 6) is -2.59. The van der Waals surface area contributed by atoms with Crippen molar-refractivity contribution < 1.29 is 24.2 Å². The van der Waals surface area contributed by atoms with E-state index in [4.69, 9.17) is 16.3 Å². The number of likely N-dealkylation sites (N-methyl/N-ethyl adjacent to an activating group) is 1. The first-order chi connectivity index (χ1) is 16.7. The van der Waals surface area contributed by atoms with Gasteiger partial charge in [-0.3, -0.25) is 14.4 Å². The molecule has 4 aliphatic rings. The van der Waals surface area contributed by atoms with Crippen molar-refractivity contribution in [1.82, 2.24) is 9.80 Å². The quantitative estimate of drug-likeness (QED) is 0.640. The smallest absolute Gasteiger partial charge is 0.253 e. The number of ether oxygens (including phenoxy) is 1. The number of likely N-dealkylation sites (tertiary alicyclic amines) is 1. The molecule has 0 bridgehead atoms. The molecular formula is C26H30ClN3O5. The molecule has 1 N–H and O–H groups in total. The molecule has 8 nitrogen and oxygen atoms in total. The van der Waals surface area contributed by atoms with Gasteiger partial charge in [-0.25, -0.2) is 0 Å². The van der Waals surface area contributed by atoms with Gasteiger partial charge in [-0.1, -0.05) is 55.0 Å². The molecule has 186 valence electrons. The van der Waals surface area contributed by atoms with E-state index in [9.17, 15) is 19.5 Å². The second-order valence-electron chi connectivity index (χ2n) is 9.91. The number of halogens is 1. The third kappa shape index (κ3) is 3.30. The zero-order chi connectivity index (χ0) is 25.1. The number of carbonyl (C=O) groups is 3. The van der Waals surface area contributed by atoms with Gasteiger partial charge < -0.3 is 24.5 Å². The van der Waals surface area contributed by atoms with E-state index in [-0.39, 0.29) is 30.9 Å². The molecule has 1 aromatic rings. The number of aliphatic hydroxyl groups is 1. The predicted octanol–water partition coefficient (Wildman–Crippen LogP) is 2.01. The SMILES string of the molecule is CC[C@@H](CO)N1C(=O)[C@@H]2[C@@H]3C(=O)N(C)CC=C[C@]3(C)O[C@@]23C=CCN(c2ccccc2Cl)C(=O)C13. The van der Waals surface area contributed by atoms with Crippen LogP contribution in [0.5, 0.6) is 0 Å². The lowest BCUT2D eigenvalue weighted by molar-refractivity contribution is -0.150. The fourth-order valence-corrected chi connectivity index (χ4v) is 6.51. The monoisotopic (exact) mass is 499 g/mol. The third-order valence-electron chi connectivity index (χ3n) is 7.91. The lowest BCUT2D eigenvalue weighted by Gasteiger charge is -2.40. The van der Waals surface area contributed by atoms with Crippen LogP contribution in [0.4, 0.5) is 5.69 Å². The maximum atomic E-state index is 14.3. The first kappa shape index (κ1) is 24.0. The van der Waals surface area contributed by atoms with E-state index in [1.54, 1.807) is 47.2 Å². The molecule has 0 saturated carbocycles. The van der Waals surface area contributed by atoms with Crippen LogP contribution in [-0.2, 0) is 19.1 Å². The average Bonchev–Trinajstić information content (AvgIpc) is 3.11. The van der Waals surface area contributed by atoms with E-state index in [1.165, 1.54) is 4.90 Å². The molecule has 1 aromatic carbocycles. The summed E-state index contributed by atoms with van der Waals surface area (Å²) in [6.45, 7) is 4.01. The number of hydrogen-bond acceptors (Lipinski definition) is 5. The number of nitrogens with zero attached hydrogens (tertiary/aromatic N) is 3. The number of carbonyl (C=O) groups excluding carboxylic acids is 3. The second-order valence-corrected chi connectivity index (χ2v) is 10.3. The molecule has 4 aliphatic heterocycles. The lowest BCUT2D eigenvalue weighted by Crippen LogP contribution is -2.58. The van der Waals surface area contributed by atoms with Crippen molar-refractivity contribution in [3.8, 4) is 0 Å². The van der Waals surface area contributed by atoms with E-state index in [2.05, 4.69) is 0 Å². The molecule has 0 aliphatic carbocycles. The number of hydrogen-bond donors (Lipinski definition) is 1. The van der Waals surface area contributed by atoms with E-state index in [0.717, 1.165) is 0 Å². The summed E-state index contributed by atoms with van der Waals surface area (Å²) < 4.78 is 6.73. The zero-order valence-electron chi connectivity index (χ0n) is 20.1. The van der Waals surface area contributed by atoms with Gasteiger partial charge in [0.2, 0.25) is 11.8 Å². The summed E-state index contributed by atoms with van der Waals surface area (Å²) in [7, 11) is 1.70. The van der Waals surface area contributed by atoms with Crippen LogP contribution in [0.3, 0.4) is 0 Å². The average molecular weight is 500 g/mol. The van der Waals surface area contributed by atoms with Crippen LogP contribution < -0.4 is 4.90 Å². The Bertz CT molecular complexity index is 1130. The molecule has 2 saturated heterocycles. The normalized spacial score (nSPS) is 35.1. The molecule has 5 rings (SSSR count). The molecule has 9 heteroatoms. The van der Waals surface area contributed by atoms with E-state index in [1.807, 2.05) is 32.1 Å².